The van der Waals surface area contributed by atoms with Gasteiger partial charge < -0.3 is 44.5 Å². The number of phenols is 1. The summed E-state index contributed by atoms with van der Waals surface area (Å²) in [5.41, 5.74) is 2.67. The molecule has 1 aromatic rings. The largest absolute Gasteiger partial charge is 0.507 e. The maximum Gasteiger partial charge on any atom is 0.342 e. The number of aliphatic hydroxyl groups excluding tert-OH is 4. The van der Waals surface area contributed by atoms with Crippen LogP contribution in [0.25, 0.3) is 0 Å². The highest BCUT2D eigenvalue weighted by Gasteiger charge is 2.45. The normalized spacial score (nSPS) is 26.7. The van der Waals surface area contributed by atoms with Crippen molar-refractivity contribution in [3.05, 3.63) is 33.9 Å². The van der Waals surface area contributed by atoms with Gasteiger partial charge >= 0.3 is 11.9 Å². The van der Waals surface area contributed by atoms with Crippen LogP contribution in [0.5, 0.6) is 11.5 Å². The van der Waals surface area contributed by atoms with Crippen LogP contribution < -0.4 is 4.74 Å². The molecule has 0 amide bonds. The summed E-state index contributed by atoms with van der Waals surface area (Å²) in [4.78, 5) is 24.2. The Kier molecular flexibility index (Phi) is 8.16. The first kappa shape index (κ1) is 25.9. The lowest BCUT2D eigenvalue weighted by Crippen LogP contribution is -2.59. The third-order valence-corrected chi connectivity index (χ3v) is 6.12. The molecule has 0 aromatic heterocycles. The average Bonchev–Trinajstić information content (AvgIpc) is 3.21. The second-order valence-corrected chi connectivity index (χ2v) is 8.36. The van der Waals surface area contributed by atoms with Crippen molar-refractivity contribution in [1.82, 2.24) is 0 Å². The molecule has 0 aliphatic carbocycles. The molecular weight excluding hydrogens is 452 g/mol. The van der Waals surface area contributed by atoms with Crippen molar-refractivity contribution in [3.8, 4) is 11.5 Å². The van der Waals surface area contributed by atoms with Crippen LogP contribution in [0.2, 0.25) is 0 Å². The molecule has 0 bridgehead atoms. The first-order chi connectivity index (χ1) is 16.1. The first-order valence-corrected chi connectivity index (χ1v) is 10.8. The Morgan fingerprint density at radius 2 is 1.88 bits per heavy atom. The molecule has 5 unspecified atom stereocenters. The molecule has 11 nitrogen and oxygen atoms in total. The van der Waals surface area contributed by atoms with Gasteiger partial charge in [-0.3, -0.25) is 4.79 Å². The zero-order valence-corrected chi connectivity index (χ0v) is 19.2. The zero-order chi connectivity index (χ0) is 25.2. The Balaban J connectivity index is 1.62. The fraction of sp³-hybridized carbons (Fsp3) is 0.565. The SMILES string of the molecule is COc1c(C)c2c(c(O)c1CC=C(C)CCC(=O)OC1OC(CO)C(O)C(O)C1O)C(=O)OC2. The molecule has 0 radical (unpaired) electrons. The van der Waals surface area contributed by atoms with Gasteiger partial charge in [-0.15, -0.1) is 0 Å². The monoisotopic (exact) mass is 482 g/mol. The topological polar surface area (TPSA) is 172 Å². The number of hydrogen-bond donors (Lipinski definition) is 5. The number of benzene rings is 1. The smallest absolute Gasteiger partial charge is 0.342 e. The molecule has 34 heavy (non-hydrogen) atoms. The second-order valence-electron chi connectivity index (χ2n) is 8.36. The van der Waals surface area contributed by atoms with Gasteiger partial charge in [0, 0.05) is 17.5 Å². The van der Waals surface area contributed by atoms with Gasteiger partial charge in [0.15, 0.2) is 0 Å². The molecule has 1 saturated heterocycles. The molecule has 0 spiro atoms. The van der Waals surface area contributed by atoms with Crippen LogP contribution in [-0.2, 0) is 32.0 Å². The summed E-state index contributed by atoms with van der Waals surface area (Å²) in [6, 6.07) is 0. The van der Waals surface area contributed by atoms with E-state index in [2.05, 4.69) is 0 Å². The number of fused-ring (bicyclic) bond motifs is 1. The quantitative estimate of drug-likeness (QED) is 0.249. The van der Waals surface area contributed by atoms with E-state index in [-0.39, 0.29) is 37.2 Å². The third kappa shape index (κ3) is 5.03. The van der Waals surface area contributed by atoms with E-state index >= 15 is 0 Å². The van der Waals surface area contributed by atoms with Crippen LogP contribution in [-0.4, -0.2) is 81.9 Å². The van der Waals surface area contributed by atoms with Crippen LogP contribution in [0.4, 0.5) is 0 Å². The summed E-state index contributed by atoms with van der Waals surface area (Å²) in [6.45, 7) is 3.01. The van der Waals surface area contributed by atoms with Crippen LogP contribution in [0, 0.1) is 6.92 Å². The maximum absolute atomic E-state index is 12.2. The fourth-order valence-electron chi connectivity index (χ4n) is 4.06. The first-order valence-electron chi connectivity index (χ1n) is 10.8. The fourth-order valence-corrected chi connectivity index (χ4v) is 4.06. The van der Waals surface area contributed by atoms with E-state index in [1.54, 1.807) is 19.9 Å². The van der Waals surface area contributed by atoms with E-state index in [0.29, 0.717) is 22.4 Å². The van der Waals surface area contributed by atoms with E-state index in [1.165, 1.54) is 7.11 Å². The Bertz CT molecular complexity index is 968. The van der Waals surface area contributed by atoms with E-state index in [0.717, 1.165) is 5.57 Å². The van der Waals surface area contributed by atoms with Crippen LogP contribution in [0.3, 0.4) is 0 Å². The number of esters is 2. The van der Waals surface area contributed by atoms with E-state index in [1.807, 2.05) is 0 Å². The minimum absolute atomic E-state index is 0.0734. The number of carbonyl (C=O) groups excluding carboxylic acids is 2. The molecular formula is C23H30O11. The molecule has 5 N–H and O–H groups in total. The van der Waals surface area contributed by atoms with Crippen molar-refractivity contribution >= 4 is 11.9 Å². The highest BCUT2D eigenvalue weighted by atomic mass is 16.7. The van der Waals surface area contributed by atoms with Gasteiger partial charge in [0.25, 0.3) is 0 Å². The lowest BCUT2D eigenvalue weighted by Gasteiger charge is -2.39. The van der Waals surface area contributed by atoms with Gasteiger partial charge in [-0.25, -0.2) is 4.79 Å². The summed E-state index contributed by atoms with van der Waals surface area (Å²) in [5.74, 6) is -1.03. The number of carbonyl (C=O) groups is 2. The summed E-state index contributed by atoms with van der Waals surface area (Å²) in [7, 11) is 1.47. The van der Waals surface area contributed by atoms with E-state index in [9.17, 15) is 35.1 Å². The summed E-state index contributed by atoms with van der Waals surface area (Å²) in [6.07, 6.45) is -5.31. The Morgan fingerprint density at radius 1 is 1.18 bits per heavy atom. The lowest BCUT2D eigenvalue weighted by atomic mass is 9.94. The van der Waals surface area contributed by atoms with Crippen molar-refractivity contribution < 1.29 is 54.1 Å². The highest BCUT2D eigenvalue weighted by molar-refractivity contribution is 5.98. The predicted molar refractivity (Wildman–Crippen MR) is 115 cm³/mol. The van der Waals surface area contributed by atoms with Gasteiger partial charge in [-0.05, 0) is 32.3 Å². The molecule has 3 rings (SSSR count). The highest BCUT2D eigenvalue weighted by Crippen LogP contribution is 2.42. The molecule has 2 heterocycles. The van der Waals surface area contributed by atoms with Crippen molar-refractivity contribution in [2.45, 2.75) is 70.4 Å². The number of methoxy groups -OCH3 is 1. The molecule has 188 valence electrons. The number of aliphatic hydroxyl groups is 4. The number of phenolic OH excluding ortho intramolecular Hbond substituents is 1. The molecule has 11 heteroatoms. The minimum atomic E-state index is -1.66. The van der Waals surface area contributed by atoms with E-state index < -0.39 is 49.3 Å². The van der Waals surface area contributed by atoms with Crippen molar-refractivity contribution in [3.63, 3.8) is 0 Å². The lowest BCUT2D eigenvalue weighted by molar-refractivity contribution is -0.292. The summed E-state index contributed by atoms with van der Waals surface area (Å²) < 4.78 is 20.7. The molecule has 5 atom stereocenters. The standard InChI is InChI=1S/C23H30O11/c1-10(5-7-15(25)34-23-20(29)19(28)18(27)14(8-24)33-23)4-6-12-17(26)16-13(9-32-22(16)30)11(2)21(12)31-3/h4,14,18-20,23-24,26-29H,5-9H2,1-3H3. The van der Waals surface area contributed by atoms with Gasteiger partial charge in [-0.1, -0.05) is 11.6 Å². The van der Waals surface area contributed by atoms with Crippen LogP contribution >= 0.6 is 0 Å². The van der Waals surface area contributed by atoms with Crippen LogP contribution in [0.1, 0.15) is 46.8 Å². The second kappa shape index (κ2) is 10.7. The van der Waals surface area contributed by atoms with Crippen LogP contribution in [0.15, 0.2) is 11.6 Å². The summed E-state index contributed by atoms with van der Waals surface area (Å²) >= 11 is 0. The number of rotatable bonds is 8. The maximum atomic E-state index is 12.2. The Morgan fingerprint density at radius 3 is 2.53 bits per heavy atom. The number of allylic oxidation sites excluding steroid dienone is 2. The zero-order valence-electron chi connectivity index (χ0n) is 19.2. The summed E-state index contributed by atoms with van der Waals surface area (Å²) in [5, 5.41) is 49.4. The van der Waals surface area contributed by atoms with Gasteiger partial charge in [0.05, 0.1) is 13.7 Å². The number of hydrogen-bond acceptors (Lipinski definition) is 11. The predicted octanol–water partition coefficient (Wildman–Crippen LogP) is -0.00828. The molecule has 1 aromatic carbocycles. The van der Waals surface area contributed by atoms with E-state index in [4.69, 9.17) is 18.9 Å². The molecule has 0 saturated carbocycles. The van der Waals surface area contributed by atoms with Gasteiger partial charge in [0.1, 0.15) is 48.1 Å². The third-order valence-electron chi connectivity index (χ3n) is 6.12. The number of ether oxygens (including phenoxy) is 4. The minimum Gasteiger partial charge on any atom is -0.507 e. The Hall–Kier alpha value is -2.70. The van der Waals surface area contributed by atoms with Crippen molar-refractivity contribution in [2.75, 3.05) is 13.7 Å². The molecule has 2 aliphatic rings. The molecule has 1 fully saturated rings. The number of cyclic esters (lactones) is 1. The van der Waals surface area contributed by atoms with Crippen molar-refractivity contribution in [1.29, 1.82) is 0 Å². The molecule has 2 aliphatic heterocycles. The van der Waals surface area contributed by atoms with Crippen molar-refractivity contribution in [2.24, 2.45) is 0 Å². The average molecular weight is 482 g/mol. The Labute approximate surface area is 196 Å². The van der Waals surface area contributed by atoms with Gasteiger partial charge in [-0.2, -0.15) is 0 Å². The number of aromatic hydroxyl groups is 1. The van der Waals surface area contributed by atoms with Gasteiger partial charge in [0.2, 0.25) is 6.29 Å².